The molecule has 41 heavy (non-hydrogen) atoms. The molecule has 0 aliphatic carbocycles. The van der Waals surface area contributed by atoms with Crippen LogP contribution in [0.5, 0.6) is 23.0 Å². The van der Waals surface area contributed by atoms with Crippen molar-refractivity contribution in [2.24, 2.45) is 0 Å². The molecule has 6 rings (SSSR count). The smallest absolute Gasteiger partial charge is 0.353 e. The van der Waals surface area contributed by atoms with Crippen molar-refractivity contribution in [1.82, 2.24) is 14.5 Å². The number of carboxylic acids is 2. The van der Waals surface area contributed by atoms with Crippen LogP contribution in [-0.4, -0.2) is 50.6 Å². The maximum Gasteiger partial charge on any atom is 0.353 e. The van der Waals surface area contributed by atoms with Gasteiger partial charge in [0.15, 0.2) is 11.5 Å². The number of aromatic nitrogens is 3. The molecule has 11 nitrogen and oxygen atoms in total. The number of hydrogen-bond acceptors (Lipinski definition) is 8. The zero-order valence-electron chi connectivity index (χ0n) is 21.7. The van der Waals surface area contributed by atoms with E-state index in [0.717, 1.165) is 5.56 Å². The van der Waals surface area contributed by atoms with Gasteiger partial charge in [-0.1, -0.05) is 24.3 Å². The first-order valence-electron chi connectivity index (χ1n) is 12.5. The molecular weight excluding hydrogens is 530 g/mol. The van der Waals surface area contributed by atoms with Gasteiger partial charge in [-0.25, -0.2) is 19.6 Å². The van der Waals surface area contributed by atoms with Crippen LogP contribution in [0.4, 0.5) is 0 Å². The Labute approximate surface area is 233 Å². The molecule has 2 N–H and O–H groups in total. The van der Waals surface area contributed by atoms with Gasteiger partial charge in [0, 0.05) is 34.3 Å². The van der Waals surface area contributed by atoms with Crippen molar-refractivity contribution in [2.45, 2.75) is 13.2 Å². The van der Waals surface area contributed by atoms with E-state index < -0.39 is 11.9 Å². The average molecular weight is 554 g/mol. The van der Waals surface area contributed by atoms with E-state index in [1.807, 2.05) is 12.1 Å². The molecule has 0 spiro atoms. The predicted octanol–water partition coefficient (Wildman–Crippen LogP) is 4.86. The van der Waals surface area contributed by atoms with Crippen LogP contribution in [0, 0.1) is 0 Å². The van der Waals surface area contributed by atoms with Crippen LogP contribution >= 0.6 is 0 Å². The first-order valence-corrected chi connectivity index (χ1v) is 12.5. The Balaban J connectivity index is 1.49. The third-order valence-corrected chi connectivity index (χ3v) is 6.79. The van der Waals surface area contributed by atoms with Crippen LogP contribution in [0.15, 0.2) is 73.2 Å². The van der Waals surface area contributed by atoms with E-state index in [1.54, 1.807) is 53.2 Å². The number of fused-ring (bicyclic) bond motifs is 2. The summed E-state index contributed by atoms with van der Waals surface area (Å²) < 4.78 is 24.1. The van der Waals surface area contributed by atoms with Crippen LogP contribution in [0.3, 0.4) is 0 Å². The van der Waals surface area contributed by atoms with Gasteiger partial charge in [-0.2, -0.15) is 0 Å². The topological polar surface area (TPSA) is 142 Å². The SMILES string of the molecule is COc1ccc(-c2c(C(=O)O)n(Cc3ccc4c(c3)OCO4)c3ncncc23)c(OCc2ccccc2C(=O)O)c1. The summed E-state index contributed by atoms with van der Waals surface area (Å²) in [6.07, 6.45) is 2.93. The lowest BCUT2D eigenvalue weighted by molar-refractivity contribution is 0.0679. The fraction of sp³-hybridized carbons (Fsp3) is 0.133. The lowest BCUT2D eigenvalue weighted by Gasteiger charge is -2.15. The summed E-state index contributed by atoms with van der Waals surface area (Å²) in [5.74, 6) is -0.260. The Morgan fingerprint density at radius 1 is 1.00 bits per heavy atom. The van der Waals surface area contributed by atoms with Crippen molar-refractivity contribution in [3.63, 3.8) is 0 Å². The maximum absolute atomic E-state index is 12.9. The second-order valence-electron chi connectivity index (χ2n) is 9.18. The molecule has 5 aromatic rings. The van der Waals surface area contributed by atoms with Crippen LogP contribution < -0.4 is 18.9 Å². The Kier molecular flexibility index (Phi) is 6.60. The van der Waals surface area contributed by atoms with E-state index in [0.29, 0.717) is 50.7 Å². The second kappa shape index (κ2) is 10.5. The van der Waals surface area contributed by atoms with Gasteiger partial charge < -0.3 is 33.7 Å². The van der Waals surface area contributed by atoms with Gasteiger partial charge in [0.05, 0.1) is 19.2 Å². The number of ether oxygens (including phenoxy) is 4. The average Bonchev–Trinajstić information content (AvgIpc) is 3.58. The third kappa shape index (κ3) is 4.73. The number of benzene rings is 3. The molecule has 11 heteroatoms. The molecule has 0 bridgehead atoms. The molecule has 0 amide bonds. The molecule has 3 heterocycles. The van der Waals surface area contributed by atoms with Crippen molar-refractivity contribution in [2.75, 3.05) is 13.9 Å². The highest BCUT2D eigenvalue weighted by molar-refractivity contribution is 6.08. The Morgan fingerprint density at radius 3 is 2.63 bits per heavy atom. The molecule has 0 radical (unpaired) electrons. The zero-order chi connectivity index (χ0) is 28.5. The van der Waals surface area contributed by atoms with E-state index in [2.05, 4.69) is 9.97 Å². The van der Waals surface area contributed by atoms with Crippen molar-refractivity contribution >= 4 is 23.0 Å². The molecule has 206 valence electrons. The molecule has 0 saturated carbocycles. The standard InChI is InChI=1S/C30H23N3O8/c1-38-19-7-8-21(24(11-19)39-14-18-4-2-3-5-20(18)29(34)35)26-22-12-31-15-32-28(22)33(27(26)30(36)37)13-17-6-9-23-25(10-17)41-16-40-23/h2-12,15H,13-14,16H2,1H3,(H,34,35)(H,36,37). The first kappa shape index (κ1) is 25.7. The molecule has 0 saturated heterocycles. The van der Waals surface area contributed by atoms with Crippen molar-refractivity contribution in [3.8, 4) is 34.1 Å². The normalized spacial score (nSPS) is 11.9. The Bertz CT molecular complexity index is 1810. The summed E-state index contributed by atoms with van der Waals surface area (Å²) in [6.45, 7) is 0.238. The van der Waals surface area contributed by atoms with Gasteiger partial charge in [0.2, 0.25) is 6.79 Å². The van der Waals surface area contributed by atoms with E-state index in [1.165, 1.54) is 19.5 Å². The van der Waals surface area contributed by atoms with Gasteiger partial charge in [0.25, 0.3) is 0 Å². The summed E-state index contributed by atoms with van der Waals surface area (Å²) in [5.41, 5.74) is 2.58. The summed E-state index contributed by atoms with van der Waals surface area (Å²) in [6, 6.07) is 17.0. The molecule has 1 aliphatic rings. The van der Waals surface area contributed by atoms with Crippen LogP contribution in [-0.2, 0) is 13.2 Å². The number of hydrogen-bond donors (Lipinski definition) is 2. The molecule has 1 aliphatic heterocycles. The van der Waals surface area contributed by atoms with Crippen LogP contribution in [0.1, 0.15) is 32.0 Å². The van der Waals surface area contributed by atoms with Crippen molar-refractivity contribution < 1.29 is 38.7 Å². The van der Waals surface area contributed by atoms with E-state index in [4.69, 9.17) is 18.9 Å². The fourth-order valence-electron chi connectivity index (χ4n) is 4.92. The highest BCUT2D eigenvalue weighted by Gasteiger charge is 2.27. The minimum atomic E-state index is -1.17. The van der Waals surface area contributed by atoms with E-state index in [-0.39, 0.29) is 31.2 Å². The number of aromatic carboxylic acids is 2. The summed E-state index contributed by atoms with van der Waals surface area (Å²) in [7, 11) is 1.51. The number of methoxy groups -OCH3 is 1. The number of rotatable bonds is 9. The lowest BCUT2D eigenvalue weighted by atomic mass is 10.0. The zero-order valence-corrected chi connectivity index (χ0v) is 21.7. The monoisotopic (exact) mass is 553 g/mol. The number of carboxylic acid groups (broad SMARTS) is 2. The minimum Gasteiger partial charge on any atom is -0.497 e. The number of carbonyl (C=O) groups is 2. The van der Waals surface area contributed by atoms with Gasteiger partial charge in [-0.15, -0.1) is 0 Å². The minimum absolute atomic E-state index is 0.0147. The third-order valence-electron chi connectivity index (χ3n) is 6.79. The van der Waals surface area contributed by atoms with E-state index in [9.17, 15) is 19.8 Å². The quantitative estimate of drug-likeness (QED) is 0.260. The van der Waals surface area contributed by atoms with Crippen molar-refractivity contribution in [3.05, 3.63) is 95.6 Å². The molecule has 2 aromatic heterocycles. The van der Waals surface area contributed by atoms with E-state index >= 15 is 0 Å². The van der Waals surface area contributed by atoms with Crippen LogP contribution in [0.2, 0.25) is 0 Å². The summed E-state index contributed by atoms with van der Waals surface area (Å²) in [4.78, 5) is 33.2. The van der Waals surface area contributed by atoms with Gasteiger partial charge in [-0.3, -0.25) is 0 Å². The maximum atomic E-state index is 12.9. The van der Waals surface area contributed by atoms with Gasteiger partial charge in [-0.05, 0) is 35.9 Å². The highest BCUT2D eigenvalue weighted by atomic mass is 16.7. The fourth-order valence-corrected chi connectivity index (χ4v) is 4.92. The Hall–Kier alpha value is -5.58. The largest absolute Gasteiger partial charge is 0.497 e. The van der Waals surface area contributed by atoms with Gasteiger partial charge in [0.1, 0.15) is 35.8 Å². The van der Waals surface area contributed by atoms with Crippen LogP contribution in [0.25, 0.3) is 22.2 Å². The predicted molar refractivity (Wildman–Crippen MR) is 146 cm³/mol. The lowest BCUT2D eigenvalue weighted by Crippen LogP contribution is -2.11. The first-order chi connectivity index (χ1) is 19.9. The number of nitrogens with zero attached hydrogens (tertiary/aromatic N) is 3. The molecular formula is C30H23N3O8. The second-order valence-corrected chi connectivity index (χ2v) is 9.18. The van der Waals surface area contributed by atoms with Crippen molar-refractivity contribution in [1.29, 1.82) is 0 Å². The molecule has 0 atom stereocenters. The highest BCUT2D eigenvalue weighted by Crippen LogP contribution is 2.42. The molecule has 3 aromatic carbocycles. The summed E-state index contributed by atoms with van der Waals surface area (Å²) >= 11 is 0. The summed E-state index contributed by atoms with van der Waals surface area (Å²) in [5, 5.41) is 20.6. The van der Waals surface area contributed by atoms with Gasteiger partial charge >= 0.3 is 11.9 Å². The molecule has 0 unspecified atom stereocenters. The Morgan fingerprint density at radius 2 is 1.83 bits per heavy atom. The molecule has 0 fully saturated rings.